The molecule has 118 valence electrons. The van der Waals surface area contributed by atoms with Crippen LogP contribution >= 0.6 is 0 Å². The van der Waals surface area contributed by atoms with Crippen molar-refractivity contribution in [1.29, 1.82) is 0 Å². The molecule has 1 amide bonds. The van der Waals surface area contributed by atoms with Gasteiger partial charge in [-0.2, -0.15) is 0 Å². The van der Waals surface area contributed by atoms with Crippen LogP contribution in [0.5, 0.6) is 0 Å². The Labute approximate surface area is 121 Å². The summed E-state index contributed by atoms with van der Waals surface area (Å²) in [6.07, 6.45) is -0.0176. The van der Waals surface area contributed by atoms with Crippen molar-refractivity contribution in [3.05, 3.63) is 0 Å². The van der Waals surface area contributed by atoms with E-state index in [0.29, 0.717) is 13.0 Å². The van der Waals surface area contributed by atoms with E-state index < -0.39 is 32.5 Å². The van der Waals surface area contributed by atoms with Gasteiger partial charge in [0.25, 0.3) is 0 Å². The third kappa shape index (κ3) is 5.28. The minimum absolute atomic E-state index is 0.181. The highest BCUT2D eigenvalue weighted by molar-refractivity contribution is 7.90. The van der Waals surface area contributed by atoms with Crippen molar-refractivity contribution in [2.75, 3.05) is 13.1 Å². The quantitative estimate of drug-likeness (QED) is 0.842. The summed E-state index contributed by atoms with van der Waals surface area (Å²) in [5.41, 5.74) is -1.09. The molecule has 7 heteroatoms. The van der Waals surface area contributed by atoms with E-state index in [-0.39, 0.29) is 6.54 Å². The van der Waals surface area contributed by atoms with Crippen molar-refractivity contribution < 1.29 is 17.9 Å². The summed E-state index contributed by atoms with van der Waals surface area (Å²) in [6.45, 7) is 11.3. The van der Waals surface area contributed by atoms with E-state index in [1.165, 1.54) is 4.90 Å². The number of amides is 1. The topological polar surface area (TPSA) is 75.7 Å². The number of sulfonamides is 1. The first-order valence-electron chi connectivity index (χ1n) is 6.81. The van der Waals surface area contributed by atoms with Crippen LogP contribution in [-0.4, -0.2) is 48.9 Å². The predicted octanol–water partition coefficient (Wildman–Crippen LogP) is 1.71. The maximum Gasteiger partial charge on any atom is 0.410 e. The lowest BCUT2D eigenvalue weighted by Crippen LogP contribution is -2.46. The van der Waals surface area contributed by atoms with Gasteiger partial charge >= 0.3 is 6.09 Å². The zero-order valence-corrected chi connectivity index (χ0v) is 14.0. The zero-order chi connectivity index (χ0) is 15.8. The number of nitrogens with zero attached hydrogens (tertiary/aromatic N) is 1. The van der Waals surface area contributed by atoms with Crippen molar-refractivity contribution in [1.82, 2.24) is 9.62 Å². The van der Waals surface area contributed by atoms with E-state index in [0.717, 1.165) is 0 Å². The van der Waals surface area contributed by atoms with Crippen LogP contribution in [0.1, 0.15) is 48.0 Å². The zero-order valence-electron chi connectivity index (χ0n) is 13.2. The molecule has 0 aliphatic carbocycles. The van der Waals surface area contributed by atoms with Crippen LogP contribution in [0.25, 0.3) is 0 Å². The number of likely N-dealkylation sites (tertiary alicyclic amines) is 1. The average Bonchev–Trinajstić information content (AvgIpc) is 2.58. The van der Waals surface area contributed by atoms with Crippen molar-refractivity contribution in [2.24, 2.45) is 0 Å². The molecule has 1 aliphatic heterocycles. The van der Waals surface area contributed by atoms with Crippen LogP contribution in [0.15, 0.2) is 0 Å². The molecule has 0 aromatic heterocycles. The normalized spacial score (nSPS) is 21.1. The SMILES string of the molecule is CC(C)(C)NS(=O)(=O)[C@@H]1CCN(C(=O)OC(C)(C)C)C1. The predicted molar refractivity (Wildman–Crippen MR) is 78.0 cm³/mol. The molecule has 0 aromatic carbocycles. The molecule has 0 spiro atoms. The Morgan fingerprint density at radius 2 is 1.75 bits per heavy atom. The largest absolute Gasteiger partial charge is 0.444 e. The van der Waals surface area contributed by atoms with Gasteiger partial charge in [0.1, 0.15) is 5.60 Å². The molecule has 0 unspecified atom stereocenters. The third-order valence-electron chi connectivity index (χ3n) is 2.68. The molecule has 20 heavy (non-hydrogen) atoms. The van der Waals surface area contributed by atoms with Crippen LogP contribution in [0.3, 0.4) is 0 Å². The Kier molecular flexibility index (Phi) is 4.76. The molecular weight excluding hydrogens is 280 g/mol. The van der Waals surface area contributed by atoms with E-state index in [4.69, 9.17) is 4.74 Å². The van der Waals surface area contributed by atoms with Crippen molar-refractivity contribution >= 4 is 16.1 Å². The smallest absolute Gasteiger partial charge is 0.410 e. The van der Waals surface area contributed by atoms with Gasteiger partial charge in [-0.15, -0.1) is 0 Å². The summed E-state index contributed by atoms with van der Waals surface area (Å²) in [6, 6.07) is 0. The first-order chi connectivity index (χ1) is 8.80. The maximum absolute atomic E-state index is 12.2. The van der Waals surface area contributed by atoms with E-state index in [9.17, 15) is 13.2 Å². The molecule has 0 aromatic rings. The number of carbonyl (C=O) groups is 1. The lowest BCUT2D eigenvalue weighted by Gasteiger charge is -2.25. The summed E-state index contributed by atoms with van der Waals surface area (Å²) >= 11 is 0. The molecule has 1 aliphatic rings. The lowest BCUT2D eigenvalue weighted by atomic mass is 10.1. The summed E-state index contributed by atoms with van der Waals surface area (Å²) in [4.78, 5) is 13.4. The van der Waals surface area contributed by atoms with Crippen molar-refractivity contribution in [3.8, 4) is 0 Å². The van der Waals surface area contributed by atoms with E-state index >= 15 is 0 Å². The van der Waals surface area contributed by atoms with E-state index in [1.807, 2.05) is 0 Å². The monoisotopic (exact) mass is 306 g/mol. The highest BCUT2D eigenvalue weighted by Gasteiger charge is 2.38. The molecule has 1 N–H and O–H groups in total. The van der Waals surface area contributed by atoms with Gasteiger partial charge in [-0.1, -0.05) is 0 Å². The molecule has 1 fully saturated rings. The molecule has 0 bridgehead atoms. The number of carbonyl (C=O) groups excluding carboxylic acids is 1. The second-order valence-corrected chi connectivity index (χ2v) is 9.19. The van der Waals surface area contributed by atoms with Gasteiger partial charge in [-0.05, 0) is 48.0 Å². The van der Waals surface area contributed by atoms with Gasteiger partial charge in [-0.25, -0.2) is 17.9 Å². The summed E-state index contributed by atoms with van der Waals surface area (Å²) in [5.74, 6) is 0. The molecule has 1 saturated heterocycles. The fourth-order valence-corrected chi connectivity index (χ4v) is 3.80. The van der Waals surface area contributed by atoms with Crippen molar-refractivity contribution in [3.63, 3.8) is 0 Å². The third-order valence-corrected chi connectivity index (χ3v) is 4.84. The summed E-state index contributed by atoms with van der Waals surface area (Å²) in [5, 5.41) is -0.575. The van der Waals surface area contributed by atoms with Crippen molar-refractivity contribution in [2.45, 2.75) is 64.4 Å². The molecular formula is C13H26N2O4S. The Morgan fingerprint density at radius 3 is 2.20 bits per heavy atom. The Morgan fingerprint density at radius 1 is 1.20 bits per heavy atom. The number of nitrogens with one attached hydrogen (secondary N) is 1. The highest BCUT2D eigenvalue weighted by Crippen LogP contribution is 2.20. The van der Waals surface area contributed by atoms with Gasteiger partial charge in [0.15, 0.2) is 0 Å². The average molecular weight is 306 g/mol. The van der Waals surface area contributed by atoms with E-state index in [1.54, 1.807) is 41.5 Å². The minimum Gasteiger partial charge on any atom is -0.444 e. The minimum atomic E-state index is -3.43. The number of rotatable bonds is 2. The highest BCUT2D eigenvalue weighted by atomic mass is 32.2. The van der Waals surface area contributed by atoms with Crippen LogP contribution in [0, 0.1) is 0 Å². The summed E-state index contributed by atoms with van der Waals surface area (Å²) < 4.78 is 32.3. The number of hydrogen-bond acceptors (Lipinski definition) is 4. The fourth-order valence-electron chi connectivity index (χ4n) is 1.98. The Hall–Kier alpha value is -0.820. The molecule has 1 atom stereocenters. The standard InChI is InChI=1S/C13H26N2O4S/c1-12(2,3)14-20(17,18)10-7-8-15(9-10)11(16)19-13(4,5)6/h10,14H,7-9H2,1-6H3/t10-/m1/s1. The lowest BCUT2D eigenvalue weighted by molar-refractivity contribution is 0.0295. The molecule has 1 rings (SSSR count). The van der Waals surface area contributed by atoms with Gasteiger partial charge in [0.05, 0.1) is 5.25 Å². The second-order valence-electron chi connectivity index (χ2n) is 7.23. The van der Waals surface area contributed by atoms with Crippen LogP contribution < -0.4 is 4.72 Å². The molecule has 6 nitrogen and oxygen atoms in total. The first-order valence-corrected chi connectivity index (χ1v) is 8.35. The summed E-state index contributed by atoms with van der Waals surface area (Å²) in [7, 11) is -3.43. The fraction of sp³-hybridized carbons (Fsp3) is 0.923. The van der Waals surface area contributed by atoms with Gasteiger partial charge in [0.2, 0.25) is 10.0 Å². The molecule has 0 radical (unpaired) electrons. The van der Waals surface area contributed by atoms with Crippen LogP contribution in [0.4, 0.5) is 4.79 Å². The number of hydrogen-bond donors (Lipinski definition) is 1. The first kappa shape index (κ1) is 17.2. The Balaban J connectivity index is 2.66. The number of ether oxygens (including phenoxy) is 1. The van der Waals surface area contributed by atoms with Gasteiger partial charge < -0.3 is 9.64 Å². The second kappa shape index (κ2) is 5.52. The molecule has 0 saturated carbocycles. The molecule has 1 heterocycles. The van der Waals surface area contributed by atoms with Gasteiger partial charge in [-0.3, -0.25) is 0 Å². The Bertz CT molecular complexity index is 460. The van der Waals surface area contributed by atoms with Crippen LogP contribution in [-0.2, 0) is 14.8 Å². The van der Waals surface area contributed by atoms with Crippen LogP contribution in [0.2, 0.25) is 0 Å². The maximum atomic E-state index is 12.2. The van der Waals surface area contributed by atoms with Gasteiger partial charge in [0, 0.05) is 18.6 Å². The van der Waals surface area contributed by atoms with E-state index in [2.05, 4.69) is 4.72 Å².